The average molecular weight is 332 g/mol. The van der Waals surface area contributed by atoms with Crippen LogP contribution >= 0.6 is 15.9 Å². The zero-order valence-electron chi connectivity index (χ0n) is 10.2. The molecule has 0 atom stereocenters. The van der Waals surface area contributed by atoms with Gasteiger partial charge in [-0.3, -0.25) is 0 Å². The Balaban J connectivity index is 2.12. The topological polar surface area (TPSA) is 34.4 Å². The molecule has 102 valence electrons. The Morgan fingerprint density at radius 2 is 2.16 bits per heavy atom. The predicted octanol–water partition coefficient (Wildman–Crippen LogP) is 3.62. The van der Waals surface area contributed by atoms with Gasteiger partial charge in [0.15, 0.2) is 11.6 Å². The summed E-state index contributed by atoms with van der Waals surface area (Å²) in [5.74, 6) is -1.38. The fraction of sp³-hybridized carbons (Fsp3) is 0.231. The van der Waals surface area contributed by atoms with Gasteiger partial charge in [0, 0.05) is 10.0 Å². The summed E-state index contributed by atoms with van der Waals surface area (Å²) in [6.45, 7) is 0.654. The molecule has 1 aromatic heterocycles. The molecule has 0 fully saturated rings. The minimum absolute atomic E-state index is 0.111. The second-order valence-electron chi connectivity index (χ2n) is 3.89. The van der Waals surface area contributed by atoms with Crippen molar-refractivity contribution >= 4 is 15.9 Å². The summed E-state index contributed by atoms with van der Waals surface area (Å²) >= 11 is 3.09. The monoisotopic (exact) mass is 331 g/mol. The Bertz CT molecular complexity index is 572. The molecule has 1 aromatic carbocycles. The van der Waals surface area contributed by atoms with Crippen molar-refractivity contribution < 1.29 is 17.9 Å². The largest absolute Gasteiger partial charge is 0.486 e. The van der Waals surface area contributed by atoms with Crippen molar-refractivity contribution in [1.82, 2.24) is 5.32 Å². The standard InChI is InChI=1S/C13H12BrF2NO2/c1-17-6-12-8(2-3-18-12)7-19-11-5-9(14)4-10(15)13(11)16/h2-5,17H,6-7H2,1H3. The Labute approximate surface area is 117 Å². The molecule has 0 saturated carbocycles. The number of rotatable bonds is 5. The van der Waals surface area contributed by atoms with Gasteiger partial charge in [-0.2, -0.15) is 4.39 Å². The van der Waals surface area contributed by atoms with E-state index in [0.717, 1.165) is 11.6 Å². The third-order valence-corrected chi connectivity index (χ3v) is 2.98. The van der Waals surface area contributed by atoms with Gasteiger partial charge in [-0.15, -0.1) is 0 Å². The number of hydrogen-bond donors (Lipinski definition) is 1. The smallest absolute Gasteiger partial charge is 0.200 e. The summed E-state index contributed by atoms with van der Waals surface area (Å²) in [6, 6.07) is 4.17. The highest BCUT2D eigenvalue weighted by molar-refractivity contribution is 9.10. The zero-order chi connectivity index (χ0) is 13.8. The van der Waals surface area contributed by atoms with Gasteiger partial charge in [-0.25, -0.2) is 4.39 Å². The molecule has 0 radical (unpaired) electrons. The number of nitrogens with one attached hydrogen (secondary N) is 1. The third-order valence-electron chi connectivity index (χ3n) is 2.52. The minimum atomic E-state index is -0.998. The van der Waals surface area contributed by atoms with Crippen LogP contribution in [0.15, 0.2) is 33.4 Å². The molecule has 0 spiro atoms. The summed E-state index contributed by atoms with van der Waals surface area (Å²) in [5.41, 5.74) is 0.786. The molecular formula is C13H12BrF2NO2. The van der Waals surface area contributed by atoms with E-state index in [1.165, 1.54) is 12.3 Å². The summed E-state index contributed by atoms with van der Waals surface area (Å²) in [7, 11) is 1.79. The minimum Gasteiger partial charge on any atom is -0.486 e. The van der Waals surface area contributed by atoms with Crippen LogP contribution in [0.5, 0.6) is 5.75 Å². The van der Waals surface area contributed by atoms with Crippen LogP contribution < -0.4 is 10.1 Å². The summed E-state index contributed by atoms with van der Waals surface area (Å²) in [6.07, 6.45) is 1.53. The van der Waals surface area contributed by atoms with Gasteiger partial charge in [0.2, 0.25) is 5.82 Å². The fourth-order valence-electron chi connectivity index (χ4n) is 1.60. The summed E-state index contributed by atoms with van der Waals surface area (Å²) in [4.78, 5) is 0. The first kappa shape index (κ1) is 14.0. The molecule has 1 heterocycles. The van der Waals surface area contributed by atoms with Crippen LogP contribution in [-0.2, 0) is 13.2 Å². The van der Waals surface area contributed by atoms with Gasteiger partial charge in [0.25, 0.3) is 0 Å². The first-order valence-electron chi connectivity index (χ1n) is 5.59. The Kier molecular flexibility index (Phi) is 4.55. The molecule has 2 rings (SSSR count). The van der Waals surface area contributed by atoms with Crippen LogP contribution in [0.2, 0.25) is 0 Å². The van der Waals surface area contributed by atoms with E-state index in [0.29, 0.717) is 16.8 Å². The fourth-order valence-corrected chi connectivity index (χ4v) is 2.01. The molecule has 1 N–H and O–H groups in total. The number of benzene rings is 1. The lowest BCUT2D eigenvalue weighted by atomic mass is 10.2. The second kappa shape index (κ2) is 6.16. The maximum atomic E-state index is 13.5. The van der Waals surface area contributed by atoms with Crippen LogP contribution in [0.3, 0.4) is 0 Å². The van der Waals surface area contributed by atoms with Crippen LogP contribution in [-0.4, -0.2) is 7.05 Å². The van der Waals surface area contributed by atoms with E-state index in [4.69, 9.17) is 9.15 Å². The first-order valence-corrected chi connectivity index (χ1v) is 6.38. The van der Waals surface area contributed by atoms with Gasteiger partial charge in [0.05, 0.1) is 12.8 Å². The van der Waals surface area contributed by atoms with Gasteiger partial charge in [-0.1, -0.05) is 15.9 Å². The van der Waals surface area contributed by atoms with Crippen LogP contribution in [0.4, 0.5) is 8.78 Å². The number of ether oxygens (including phenoxy) is 1. The molecule has 3 nitrogen and oxygen atoms in total. The summed E-state index contributed by atoms with van der Waals surface area (Å²) < 4.78 is 37.7. The molecule has 2 aromatic rings. The van der Waals surface area contributed by atoms with E-state index in [2.05, 4.69) is 21.2 Å². The third kappa shape index (κ3) is 3.33. The highest BCUT2D eigenvalue weighted by atomic mass is 79.9. The van der Waals surface area contributed by atoms with E-state index in [-0.39, 0.29) is 12.4 Å². The predicted molar refractivity (Wildman–Crippen MR) is 69.9 cm³/mol. The lowest BCUT2D eigenvalue weighted by Gasteiger charge is -2.08. The molecular weight excluding hydrogens is 320 g/mol. The highest BCUT2D eigenvalue weighted by Crippen LogP contribution is 2.26. The van der Waals surface area contributed by atoms with Gasteiger partial charge in [0.1, 0.15) is 12.4 Å². The number of hydrogen-bond acceptors (Lipinski definition) is 3. The van der Waals surface area contributed by atoms with Crippen molar-refractivity contribution in [3.05, 3.63) is 51.9 Å². The van der Waals surface area contributed by atoms with E-state index in [1.807, 2.05) is 0 Å². The lowest BCUT2D eigenvalue weighted by molar-refractivity contribution is 0.281. The normalized spacial score (nSPS) is 10.7. The van der Waals surface area contributed by atoms with Crippen molar-refractivity contribution in [3.8, 4) is 5.75 Å². The van der Waals surface area contributed by atoms with Crippen molar-refractivity contribution in [2.45, 2.75) is 13.2 Å². The molecule has 0 unspecified atom stereocenters. The number of furan rings is 1. The van der Waals surface area contributed by atoms with Crippen molar-refractivity contribution in [2.24, 2.45) is 0 Å². The van der Waals surface area contributed by atoms with E-state index < -0.39 is 11.6 Å². The quantitative estimate of drug-likeness (QED) is 0.850. The Morgan fingerprint density at radius 1 is 1.37 bits per heavy atom. The van der Waals surface area contributed by atoms with Crippen molar-refractivity contribution in [3.63, 3.8) is 0 Å². The molecule has 0 saturated heterocycles. The van der Waals surface area contributed by atoms with Crippen molar-refractivity contribution in [1.29, 1.82) is 0 Å². The zero-order valence-corrected chi connectivity index (χ0v) is 11.8. The molecule has 6 heteroatoms. The van der Waals surface area contributed by atoms with E-state index >= 15 is 0 Å². The maximum Gasteiger partial charge on any atom is 0.200 e. The second-order valence-corrected chi connectivity index (χ2v) is 4.80. The molecule has 0 aliphatic rings. The van der Waals surface area contributed by atoms with Crippen molar-refractivity contribution in [2.75, 3.05) is 7.05 Å². The van der Waals surface area contributed by atoms with E-state index in [1.54, 1.807) is 13.1 Å². The van der Waals surface area contributed by atoms with Crippen LogP contribution in [0.25, 0.3) is 0 Å². The molecule has 0 bridgehead atoms. The maximum absolute atomic E-state index is 13.5. The Hall–Kier alpha value is -1.40. The Morgan fingerprint density at radius 3 is 2.89 bits per heavy atom. The lowest BCUT2D eigenvalue weighted by Crippen LogP contribution is -2.07. The van der Waals surface area contributed by atoms with Crippen LogP contribution in [0.1, 0.15) is 11.3 Å². The van der Waals surface area contributed by atoms with E-state index in [9.17, 15) is 8.78 Å². The highest BCUT2D eigenvalue weighted by Gasteiger charge is 2.13. The average Bonchev–Trinajstić information content (AvgIpc) is 2.80. The van der Waals surface area contributed by atoms with Gasteiger partial charge < -0.3 is 14.5 Å². The molecule has 0 amide bonds. The molecule has 0 aliphatic carbocycles. The first-order chi connectivity index (χ1) is 9.11. The summed E-state index contributed by atoms with van der Waals surface area (Å²) in [5, 5.41) is 2.95. The number of halogens is 3. The van der Waals surface area contributed by atoms with Gasteiger partial charge >= 0.3 is 0 Å². The molecule has 19 heavy (non-hydrogen) atoms. The van der Waals surface area contributed by atoms with Crippen LogP contribution in [0, 0.1) is 11.6 Å². The molecule has 0 aliphatic heterocycles. The van der Waals surface area contributed by atoms with Gasteiger partial charge in [-0.05, 0) is 25.2 Å². The SMILES string of the molecule is CNCc1occc1COc1cc(Br)cc(F)c1F.